The van der Waals surface area contributed by atoms with Crippen LogP contribution in [0.2, 0.25) is 0 Å². The Morgan fingerprint density at radius 3 is 1.12 bits per heavy atom. The Balaban J connectivity index is 1.77. The largest absolute Gasteiger partial charge is 0.303 e. The fourth-order valence-electron chi connectivity index (χ4n) is 3.50. The van der Waals surface area contributed by atoms with Crippen molar-refractivity contribution in [2.45, 2.75) is 51.4 Å². The molecule has 0 heterocycles. The Hall–Kier alpha value is -0.660. The lowest BCUT2D eigenvalue weighted by atomic mass is 9.69. The zero-order valence-electron chi connectivity index (χ0n) is 9.94. The third kappa shape index (κ3) is 2.72. The maximum absolute atomic E-state index is 10.7. The van der Waals surface area contributed by atoms with Crippen molar-refractivity contribution in [1.29, 1.82) is 0 Å². The van der Waals surface area contributed by atoms with Crippen molar-refractivity contribution >= 4 is 12.6 Å². The molecular formula is C14H22O2. The van der Waals surface area contributed by atoms with E-state index in [1.807, 2.05) is 0 Å². The van der Waals surface area contributed by atoms with E-state index in [9.17, 15) is 9.59 Å². The van der Waals surface area contributed by atoms with Gasteiger partial charge in [0.1, 0.15) is 12.6 Å². The van der Waals surface area contributed by atoms with Gasteiger partial charge in [0.15, 0.2) is 0 Å². The van der Waals surface area contributed by atoms with Gasteiger partial charge in [-0.25, -0.2) is 0 Å². The first-order valence-corrected chi connectivity index (χ1v) is 6.74. The van der Waals surface area contributed by atoms with Crippen LogP contribution in [-0.2, 0) is 9.59 Å². The van der Waals surface area contributed by atoms with E-state index in [0.717, 1.165) is 50.1 Å². The van der Waals surface area contributed by atoms with Crippen LogP contribution in [0.25, 0.3) is 0 Å². The van der Waals surface area contributed by atoms with E-state index in [1.54, 1.807) is 0 Å². The van der Waals surface area contributed by atoms with Crippen molar-refractivity contribution in [2.75, 3.05) is 0 Å². The molecular weight excluding hydrogens is 200 g/mol. The molecule has 2 saturated carbocycles. The van der Waals surface area contributed by atoms with Crippen LogP contribution in [0.1, 0.15) is 51.4 Å². The average molecular weight is 222 g/mol. The van der Waals surface area contributed by atoms with Gasteiger partial charge in [0.2, 0.25) is 0 Å². The van der Waals surface area contributed by atoms with Gasteiger partial charge in [0, 0.05) is 11.8 Å². The maximum Gasteiger partial charge on any atom is 0.123 e. The zero-order chi connectivity index (χ0) is 11.4. The van der Waals surface area contributed by atoms with Crippen LogP contribution in [0.5, 0.6) is 0 Å². The Bertz CT molecular complexity index is 207. The number of aldehydes is 2. The molecule has 2 aliphatic carbocycles. The van der Waals surface area contributed by atoms with E-state index >= 15 is 0 Å². The zero-order valence-corrected chi connectivity index (χ0v) is 9.94. The van der Waals surface area contributed by atoms with Gasteiger partial charge in [-0.2, -0.15) is 0 Å². The minimum Gasteiger partial charge on any atom is -0.303 e. The van der Waals surface area contributed by atoms with Crippen molar-refractivity contribution < 1.29 is 9.59 Å². The Labute approximate surface area is 97.8 Å². The summed E-state index contributed by atoms with van der Waals surface area (Å²) in [6, 6.07) is 0. The number of rotatable bonds is 3. The minimum absolute atomic E-state index is 0.336. The molecule has 0 unspecified atom stereocenters. The van der Waals surface area contributed by atoms with E-state index in [1.165, 1.54) is 25.7 Å². The first kappa shape index (κ1) is 11.8. The van der Waals surface area contributed by atoms with Crippen LogP contribution in [0, 0.1) is 23.7 Å². The van der Waals surface area contributed by atoms with Crippen LogP contribution in [0.4, 0.5) is 0 Å². The molecule has 0 aromatic carbocycles. The summed E-state index contributed by atoms with van der Waals surface area (Å²) in [5, 5.41) is 0. The lowest BCUT2D eigenvalue weighted by Crippen LogP contribution is -2.26. The Morgan fingerprint density at radius 2 is 0.875 bits per heavy atom. The molecule has 0 amide bonds. The standard InChI is InChI=1S/C14H22O2/c15-9-11-1-5-13(6-2-11)14-7-3-12(10-16)4-8-14/h9-14H,1-8H2. The monoisotopic (exact) mass is 222 g/mol. The first-order chi connectivity index (χ1) is 7.83. The molecule has 2 rings (SSSR count). The number of carbonyl (C=O) groups is 2. The summed E-state index contributed by atoms with van der Waals surface area (Å²) in [6.07, 6.45) is 11.6. The summed E-state index contributed by atoms with van der Waals surface area (Å²) in [4.78, 5) is 21.4. The average Bonchev–Trinajstić information content (AvgIpc) is 2.39. The SMILES string of the molecule is O=CC1CCC(C2CCC(C=O)CC2)CC1. The molecule has 0 radical (unpaired) electrons. The van der Waals surface area contributed by atoms with Gasteiger partial charge in [-0.05, 0) is 63.2 Å². The molecule has 16 heavy (non-hydrogen) atoms. The molecule has 0 N–H and O–H groups in total. The fraction of sp³-hybridized carbons (Fsp3) is 0.857. The molecule has 0 aromatic heterocycles. The van der Waals surface area contributed by atoms with E-state index in [-0.39, 0.29) is 0 Å². The third-order valence-electron chi connectivity index (χ3n) is 4.68. The second-order valence-corrected chi connectivity index (χ2v) is 5.62. The van der Waals surface area contributed by atoms with Gasteiger partial charge in [-0.3, -0.25) is 0 Å². The molecule has 2 nitrogen and oxygen atoms in total. The highest BCUT2D eigenvalue weighted by molar-refractivity contribution is 5.54. The van der Waals surface area contributed by atoms with Crippen molar-refractivity contribution in [3.63, 3.8) is 0 Å². The second kappa shape index (κ2) is 5.60. The van der Waals surface area contributed by atoms with E-state index < -0.39 is 0 Å². The van der Waals surface area contributed by atoms with Gasteiger partial charge in [-0.15, -0.1) is 0 Å². The summed E-state index contributed by atoms with van der Waals surface area (Å²) in [5.74, 6) is 2.35. The smallest absolute Gasteiger partial charge is 0.123 e. The fourth-order valence-corrected chi connectivity index (χ4v) is 3.50. The lowest BCUT2D eigenvalue weighted by Gasteiger charge is -2.35. The Kier molecular flexibility index (Phi) is 4.14. The molecule has 2 fully saturated rings. The maximum atomic E-state index is 10.7. The van der Waals surface area contributed by atoms with Crippen LogP contribution in [0.3, 0.4) is 0 Å². The number of carbonyl (C=O) groups excluding carboxylic acids is 2. The van der Waals surface area contributed by atoms with Crippen molar-refractivity contribution in [3.05, 3.63) is 0 Å². The molecule has 0 spiro atoms. The van der Waals surface area contributed by atoms with Gasteiger partial charge < -0.3 is 9.59 Å². The summed E-state index contributed by atoms with van der Waals surface area (Å²) in [5.41, 5.74) is 0. The van der Waals surface area contributed by atoms with Gasteiger partial charge in [0.25, 0.3) is 0 Å². The summed E-state index contributed by atoms with van der Waals surface area (Å²) < 4.78 is 0. The van der Waals surface area contributed by atoms with Crippen molar-refractivity contribution in [1.82, 2.24) is 0 Å². The highest BCUT2D eigenvalue weighted by Gasteiger charge is 2.30. The molecule has 2 heteroatoms. The van der Waals surface area contributed by atoms with Crippen LogP contribution < -0.4 is 0 Å². The summed E-state index contributed by atoms with van der Waals surface area (Å²) in [6.45, 7) is 0. The van der Waals surface area contributed by atoms with Crippen LogP contribution in [0.15, 0.2) is 0 Å². The van der Waals surface area contributed by atoms with Crippen molar-refractivity contribution in [2.24, 2.45) is 23.7 Å². The number of hydrogen-bond acceptors (Lipinski definition) is 2. The van der Waals surface area contributed by atoms with E-state index in [2.05, 4.69) is 0 Å². The summed E-state index contributed by atoms with van der Waals surface area (Å²) >= 11 is 0. The molecule has 0 aliphatic heterocycles. The van der Waals surface area contributed by atoms with E-state index in [4.69, 9.17) is 0 Å². The predicted molar refractivity (Wildman–Crippen MR) is 63.0 cm³/mol. The summed E-state index contributed by atoms with van der Waals surface area (Å²) in [7, 11) is 0. The second-order valence-electron chi connectivity index (χ2n) is 5.62. The minimum atomic E-state index is 0.336. The quantitative estimate of drug-likeness (QED) is 0.688. The van der Waals surface area contributed by atoms with Gasteiger partial charge in [0.05, 0.1) is 0 Å². The normalized spacial score (nSPS) is 40.2. The molecule has 90 valence electrons. The highest BCUT2D eigenvalue weighted by Crippen LogP contribution is 2.40. The van der Waals surface area contributed by atoms with E-state index in [0.29, 0.717) is 11.8 Å². The Morgan fingerprint density at radius 1 is 0.562 bits per heavy atom. The van der Waals surface area contributed by atoms with Gasteiger partial charge >= 0.3 is 0 Å². The molecule has 0 atom stereocenters. The lowest BCUT2D eigenvalue weighted by molar-refractivity contribution is -0.113. The number of hydrogen-bond donors (Lipinski definition) is 0. The molecule has 0 saturated heterocycles. The molecule has 2 aliphatic rings. The predicted octanol–water partition coefficient (Wildman–Crippen LogP) is 3.00. The third-order valence-corrected chi connectivity index (χ3v) is 4.68. The molecule has 0 bridgehead atoms. The topological polar surface area (TPSA) is 34.1 Å². The van der Waals surface area contributed by atoms with Crippen LogP contribution >= 0.6 is 0 Å². The highest BCUT2D eigenvalue weighted by atomic mass is 16.1. The molecule has 0 aromatic rings. The van der Waals surface area contributed by atoms with Crippen LogP contribution in [-0.4, -0.2) is 12.6 Å². The van der Waals surface area contributed by atoms with Gasteiger partial charge in [-0.1, -0.05) is 0 Å². The van der Waals surface area contributed by atoms with Crippen molar-refractivity contribution in [3.8, 4) is 0 Å². The first-order valence-electron chi connectivity index (χ1n) is 6.74.